The highest BCUT2D eigenvalue weighted by molar-refractivity contribution is 8.00. The average molecular weight is 224 g/mol. The molecule has 1 aromatic rings. The monoisotopic (exact) mass is 224 g/mol. The highest BCUT2D eigenvalue weighted by Gasteiger charge is 2.16. The Kier molecular flexibility index (Phi) is 3.92. The van der Waals surface area contributed by atoms with Crippen molar-refractivity contribution in [2.24, 2.45) is 0 Å². The molecule has 0 N–H and O–H groups in total. The third-order valence-corrected chi connectivity index (χ3v) is 3.93. The highest BCUT2D eigenvalue weighted by atomic mass is 32.2. The molecule has 0 bridgehead atoms. The molecule has 0 saturated carbocycles. The van der Waals surface area contributed by atoms with E-state index in [4.69, 9.17) is 9.47 Å². The predicted octanol–water partition coefficient (Wildman–Crippen LogP) is 2.97. The lowest BCUT2D eigenvalue weighted by molar-refractivity contribution is 0.1000. The van der Waals surface area contributed by atoms with E-state index in [0.29, 0.717) is 5.25 Å². The Hall–Kier alpha value is -0.670. The summed E-state index contributed by atoms with van der Waals surface area (Å²) in [6.07, 6.45) is 2.28. The maximum atomic E-state index is 5.35. The minimum absolute atomic E-state index is 0.676. The molecule has 0 unspecified atom stereocenters. The topological polar surface area (TPSA) is 18.5 Å². The summed E-state index contributed by atoms with van der Waals surface area (Å²) in [6.45, 7) is 1.79. The van der Waals surface area contributed by atoms with Crippen LogP contribution < -0.4 is 4.74 Å². The normalized spacial score (nSPS) is 17.7. The summed E-state index contributed by atoms with van der Waals surface area (Å²) in [7, 11) is 1.73. The summed E-state index contributed by atoms with van der Waals surface area (Å²) in [6, 6.07) is 8.21. The zero-order valence-corrected chi connectivity index (χ0v) is 9.76. The van der Waals surface area contributed by atoms with Crippen molar-refractivity contribution in [1.82, 2.24) is 0 Å². The minimum atomic E-state index is 0.676. The summed E-state index contributed by atoms with van der Waals surface area (Å²) in [5, 5.41) is 0.676. The second kappa shape index (κ2) is 5.42. The molecule has 1 aliphatic heterocycles. The third-order valence-electron chi connectivity index (χ3n) is 2.53. The van der Waals surface area contributed by atoms with Crippen molar-refractivity contribution in [3.63, 3.8) is 0 Å². The van der Waals surface area contributed by atoms with Crippen LogP contribution in [0, 0.1) is 0 Å². The van der Waals surface area contributed by atoms with Gasteiger partial charge in [0, 0.05) is 23.4 Å². The number of ether oxygens (including phenoxy) is 2. The van der Waals surface area contributed by atoms with Gasteiger partial charge in [-0.05, 0) is 25.0 Å². The second-order valence-electron chi connectivity index (χ2n) is 3.58. The molecule has 3 heteroatoms. The van der Waals surface area contributed by atoms with Crippen molar-refractivity contribution < 1.29 is 9.47 Å². The first-order chi connectivity index (χ1) is 7.40. The molecule has 0 radical (unpaired) electrons. The van der Waals surface area contributed by atoms with E-state index in [2.05, 4.69) is 12.1 Å². The number of para-hydroxylation sites is 1. The Morgan fingerprint density at radius 3 is 2.73 bits per heavy atom. The molecular weight excluding hydrogens is 208 g/mol. The molecular formula is C12H16O2S. The van der Waals surface area contributed by atoms with E-state index in [1.807, 2.05) is 23.9 Å². The van der Waals surface area contributed by atoms with Crippen molar-refractivity contribution in [2.45, 2.75) is 23.0 Å². The molecule has 1 saturated heterocycles. The lowest BCUT2D eigenvalue weighted by atomic mass is 10.2. The van der Waals surface area contributed by atoms with Gasteiger partial charge in [-0.2, -0.15) is 0 Å². The molecule has 2 nitrogen and oxygen atoms in total. The number of methoxy groups -OCH3 is 1. The van der Waals surface area contributed by atoms with Gasteiger partial charge in [0.05, 0.1) is 7.11 Å². The van der Waals surface area contributed by atoms with Gasteiger partial charge in [-0.3, -0.25) is 0 Å². The minimum Gasteiger partial charge on any atom is -0.496 e. The Labute approximate surface area is 95.0 Å². The summed E-state index contributed by atoms with van der Waals surface area (Å²) >= 11 is 1.91. The molecule has 2 rings (SSSR count). The maximum Gasteiger partial charge on any atom is 0.132 e. The lowest BCUT2D eigenvalue weighted by Gasteiger charge is -2.22. The SMILES string of the molecule is COc1ccccc1SC1CCOCC1. The van der Waals surface area contributed by atoms with Gasteiger partial charge in [0.25, 0.3) is 0 Å². The van der Waals surface area contributed by atoms with E-state index in [1.165, 1.54) is 4.90 Å². The van der Waals surface area contributed by atoms with Crippen LogP contribution in [0.1, 0.15) is 12.8 Å². The summed E-state index contributed by atoms with van der Waals surface area (Å²) in [5.41, 5.74) is 0. The molecule has 1 aromatic carbocycles. The van der Waals surface area contributed by atoms with Gasteiger partial charge in [0.15, 0.2) is 0 Å². The van der Waals surface area contributed by atoms with Gasteiger partial charge < -0.3 is 9.47 Å². The first-order valence-corrected chi connectivity index (χ1v) is 6.15. The molecule has 0 atom stereocenters. The van der Waals surface area contributed by atoms with Crippen LogP contribution in [0.15, 0.2) is 29.2 Å². The van der Waals surface area contributed by atoms with E-state index < -0.39 is 0 Å². The summed E-state index contributed by atoms with van der Waals surface area (Å²) in [5.74, 6) is 0.981. The molecule has 1 aliphatic rings. The van der Waals surface area contributed by atoms with Crippen LogP contribution in [-0.2, 0) is 4.74 Å². The molecule has 1 fully saturated rings. The zero-order chi connectivity index (χ0) is 10.5. The van der Waals surface area contributed by atoms with E-state index in [-0.39, 0.29) is 0 Å². The van der Waals surface area contributed by atoms with Gasteiger partial charge >= 0.3 is 0 Å². The number of hydrogen-bond donors (Lipinski definition) is 0. The van der Waals surface area contributed by atoms with Crippen molar-refractivity contribution in [2.75, 3.05) is 20.3 Å². The van der Waals surface area contributed by atoms with Crippen LogP contribution in [0.4, 0.5) is 0 Å². The first kappa shape index (κ1) is 10.8. The van der Waals surface area contributed by atoms with Crippen molar-refractivity contribution in [3.8, 4) is 5.75 Å². The largest absolute Gasteiger partial charge is 0.496 e. The van der Waals surface area contributed by atoms with Gasteiger partial charge in [0.1, 0.15) is 5.75 Å². The van der Waals surface area contributed by atoms with Gasteiger partial charge in [-0.15, -0.1) is 11.8 Å². The summed E-state index contributed by atoms with van der Waals surface area (Å²) in [4.78, 5) is 1.24. The van der Waals surface area contributed by atoms with Gasteiger partial charge in [0.2, 0.25) is 0 Å². The van der Waals surface area contributed by atoms with E-state index in [0.717, 1.165) is 31.8 Å². The Morgan fingerprint density at radius 2 is 2.00 bits per heavy atom. The second-order valence-corrected chi connectivity index (χ2v) is 4.92. The summed E-state index contributed by atoms with van der Waals surface area (Å²) < 4.78 is 10.7. The zero-order valence-electron chi connectivity index (χ0n) is 8.94. The fraction of sp³-hybridized carbons (Fsp3) is 0.500. The van der Waals surface area contributed by atoms with Crippen molar-refractivity contribution in [3.05, 3.63) is 24.3 Å². The molecule has 0 amide bonds. The van der Waals surface area contributed by atoms with Crippen molar-refractivity contribution >= 4 is 11.8 Å². The number of benzene rings is 1. The molecule has 0 aromatic heterocycles. The first-order valence-electron chi connectivity index (χ1n) is 5.27. The quantitative estimate of drug-likeness (QED) is 0.786. The van der Waals surface area contributed by atoms with E-state index in [9.17, 15) is 0 Å². The van der Waals surface area contributed by atoms with E-state index in [1.54, 1.807) is 7.11 Å². The average Bonchev–Trinajstić information content (AvgIpc) is 2.31. The van der Waals surface area contributed by atoms with E-state index >= 15 is 0 Å². The van der Waals surface area contributed by atoms with Crippen LogP contribution >= 0.6 is 11.8 Å². The smallest absolute Gasteiger partial charge is 0.132 e. The Morgan fingerprint density at radius 1 is 1.27 bits per heavy atom. The van der Waals surface area contributed by atoms with Crippen LogP contribution in [0.3, 0.4) is 0 Å². The lowest BCUT2D eigenvalue weighted by Crippen LogP contribution is -2.17. The van der Waals surface area contributed by atoms with Crippen LogP contribution in [0.2, 0.25) is 0 Å². The van der Waals surface area contributed by atoms with Crippen LogP contribution in [0.5, 0.6) is 5.75 Å². The Balaban J connectivity index is 2.02. The van der Waals surface area contributed by atoms with Crippen molar-refractivity contribution in [1.29, 1.82) is 0 Å². The van der Waals surface area contributed by atoms with Gasteiger partial charge in [-0.25, -0.2) is 0 Å². The molecule has 1 heterocycles. The number of thioether (sulfide) groups is 1. The molecule has 15 heavy (non-hydrogen) atoms. The number of rotatable bonds is 3. The number of hydrogen-bond acceptors (Lipinski definition) is 3. The third kappa shape index (κ3) is 2.89. The predicted molar refractivity (Wildman–Crippen MR) is 62.7 cm³/mol. The fourth-order valence-electron chi connectivity index (χ4n) is 1.69. The molecule has 82 valence electrons. The fourth-order valence-corrected chi connectivity index (χ4v) is 2.90. The standard InChI is InChI=1S/C12H16O2S/c1-13-11-4-2-3-5-12(11)15-10-6-8-14-9-7-10/h2-5,10H,6-9H2,1H3. The van der Waals surface area contributed by atoms with Crippen LogP contribution in [-0.4, -0.2) is 25.6 Å². The highest BCUT2D eigenvalue weighted by Crippen LogP contribution is 2.35. The van der Waals surface area contributed by atoms with Crippen LogP contribution in [0.25, 0.3) is 0 Å². The molecule has 0 spiro atoms. The Bertz CT molecular complexity index is 308. The maximum absolute atomic E-state index is 5.35. The van der Waals surface area contributed by atoms with Gasteiger partial charge in [-0.1, -0.05) is 12.1 Å². The molecule has 0 aliphatic carbocycles.